The van der Waals surface area contributed by atoms with E-state index in [0.29, 0.717) is 35.3 Å². The van der Waals surface area contributed by atoms with Gasteiger partial charge in [-0.15, -0.1) is 0 Å². The van der Waals surface area contributed by atoms with Crippen LogP contribution in [0.15, 0.2) is 34.2 Å². The fraction of sp³-hybridized carbons (Fsp3) is 0.303. The van der Waals surface area contributed by atoms with E-state index in [4.69, 9.17) is 56.4 Å². The largest absolute Gasteiger partial charge is 0.446 e. The Morgan fingerprint density at radius 1 is 0.839 bits per heavy atom. The summed E-state index contributed by atoms with van der Waals surface area (Å²) in [6.45, 7) is 1.05. The fourth-order valence-corrected chi connectivity index (χ4v) is 6.73. The van der Waals surface area contributed by atoms with Crippen molar-refractivity contribution in [3.63, 3.8) is 0 Å². The summed E-state index contributed by atoms with van der Waals surface area (Å²) >= 11 is 23.0. The van der Waals surface area contributed by atoms with Gasteiger partial charge in [0, 0.05) is 13.7 Å². The van der Waals surface area contributed by atoms with E-state index >= 15 is 0 Å². The van der Waals surface area contributed by atoms with Crippen LogP contribution < -0.4 is 10.2 Å². The van der Waals surface area contributed by atoms with Gasteiger partial charge in [-0.2, -0.15) is 73.4 Å². The van der Waals surface area contributed by atoms with Crippen molar-refractivity contribution in [3.05, 3.63) is 72.4 Å². The van der Waals surface area contributed by atoms with Crippen LogP contribution in [0.2, 0.25) is 20.1 Å². The number of carbonyl (C=O) groups excluding carboxylic acids is 2. The molecule has 12 nitrogen and oxygen atoms in total. The topological polar surface area (TPSA) is 154 Å². The number of rotatable bonds is 11. The summed E-state index contributed by atoms with van der Waals surface area (Å²) in [5.74, 6) is -2.11. The first-order valence-electron chi connectivity index (χ1n) is 16.1. The van der Waals surface area contributed by atoms with E-state index in [1.165, 1.54) is 13.1 Å². The molecule has 62 heavy (non-hydrogen) atoms. The zero-order valence-corrected chi connectivity index (χ0v) is 34.6. The smallest absolute Gasteiger partial charge is 0.372 e. The standard InChI is InChI=1S/C18H15Cl2F3N4O3.C15H6Cl2F9N5S/c1-4-30-8-14(29)26(3)17-15(9(2)28)13(7-24)25-27(17)16-11(19)5-10(6-12(16)20)18(21,22)23;16-7-1-6(14(21,22)23)2-8(17)10(7)31-12(29-5-28-4-13(18,19)20)11(9(3-27)30-31)32-15(24,25)26/h5-6H,4,8H2,1-3H3;1-2,5H,4H2,(H,28,29). The van der Waals surface area contributed by atoms with Crippen molar-refractivity contribution in [2.24, 2.45) is 4.99 Å². The van der Waals surface area contributed by atoms with Crippen molar-refractivity contribution in [2.75, 3.05) is 37.0 Å². The second kappa shape index (κ2) is 20.1. The van der Waals surface area contributed by atoms with Gasteiger partial charge in [-0.1, -0.05) is 46.4 Å². The first-order chi connectivity index (χ1) is 28.5. The van der Waals surface area contributed by atoms with Gasteiger partial charge in [0.2, 0.25) is 0 Å². The minimum atomic E-state index is -4.97. The molecule has 0 atom stereocenters. The average Bonchev–Trinajstić information content (AvgIpc) is 3.67. The molecule has 1 N–H and O–H groups in total. The van der Waals surface area contributed by atoms with Crippen LogP contribution in [0.5, 0.6) is 0 Å². The number of ether oxygens (including phenoxy) is 1. The number of hydrogen-bond donors (Lipinski definition) is 1. The highest BCUT2D eigenvalue weighted by Crippen LogP contribution is 2.45. The maximum atomic E-state index is 13.0. The lowest BCUT2D eigenvalue weighted by atomic mass is 10.1. The van der Waals surface area contributed by atoms with Crippen LogP contribution in [-0.2, 0) is 21.9 Å². The predicted molar refractivity (Wildman–Crippen MR) is 201 cm³/mol. The monoisotopic (exact) mass is 991 g/mol. The zero-order chi connectivity index (χ0) is 47.3. The molecule has 0 aliphatic heterocycles. The normalized spacial score (nSPS) is 12.1. The molecule has 0 aliphatic rings. The number of aliphatic imine (C=N–C) groups is 1. The highest BCUT2D eigenvalue weighted by atomic mass is 35.5. The lowest BCUT2D eigenvalue weighted by Gasteiger charge is -2.21. The van der Waals surface area contributed by atoms with Crippen molar-refractivity contribution in [3.8, 4) is 23.5 Å². The number of nitrogens with zero attached hydrogens (tertiary/aromatic N) is 8. The SMILES string of the molecule is CCOCC(=O)N(C)c1c(C(C)=O)c(C#N)nn1-c1c(Cl)cc(C(F)(F)F)cc1Cl.N#Cc1nn(-c2c(Cl)cc(C(F)(F)F)cc2Cl)c(NC=NCC(F)(F)F)c1SC(F)(F)F. The van der Waals surface area contributed by atoms with Gasteiger partial charge < -0.3 is 10.1 Å². The van der Waals surface area contributed by atoms with Gasteiger partial charge in [-0.3, -0.25) is 19.5 Å². The Morgan fingerprint density at radius 2 is 1.29 bits per heavy atom. The fourth-order valence-electron chi connectivity index (χ4n) is 4.78. The van der Waals surface area contributed by atoms with E-state index in [1.54, 1.807) is 13.0 Å². The Labute approximate surface area is 364 Å². The highest BCUT2D eigenvalue weighted by molar-refractivity contribution is 8.00. The zero-order valence-electron chi connectivity index (χ0n) is 30.8. The number of alkyl halides is 12. The van der Waals surface area contributed by atoms with Crippen LogP contribution in [0.4, 0.5) is 64.3 Å². The van der Waals surface area contributed by atoms with Gasteiger partial charge in [0.25, 0.3) is 5.91 Å². The molecule has 0 saturated carbocycles. The number of halogens is 16. The maximum absolute atomic E-state index is 13.0. The van der Waals surface area contributed by atoms with Crippen LogP contribution >= 0.6 is 58.2 Å². The molecule has 4 aromatic rings. The van der Waals surface area contributed by atoms with Crippen molar-refractivity contribution < 1.29 is 67.0 Å². The van der Waals surface area contributed by atoms with Crippen molar-refractivity contribution in [1.29, 1.82) is 10.5 Å². The van der Waals surface area contributed by atoms with E-state index in [2.05, 4.69) is 15.2 Å². The Balaban J connectivity index is 0.000000331. The molecular weight excluding hydrogens is 972 g/mol. The van der Waals surface area contributed by atoms with Crippen LogP contribution in [0.3, 0.4) is 0 Å². The third-order valence-corrected chi connectivity index (χ3v) is 9.26. The van der Waals surface area contributed by atoms with E-state index in [9.17, 15) is 67.5 Å². The molecule has 0 bridgehead atoms. The third-order valence-electron chi connectivity index (χ3n) is 7.28. The summed E-state index contributed by atoms with van der Waals surface area (Å²) in [5, 5.41) is 25.8. The molecule has 29 heteroatoms. The van der Waals surface area contributed by atoms with E-state index in [0.717, 1.165) is 16.5 Å². The third kappa shape index (κ3) is 12.8. The summed E-state index contributed by atoms with van der Waals surface area (Å²) in [7, 11) is 1.30. The molecule has 2 aromatic carbocycles. The number of ketones is 1. The number of benzene rings is 2. The number of aromatic nitrogens is 4. The summed E-state index contributed by atoms with van der Waals surface area (Å²) in [6.07, 6.45) is -13.9. The minimum Gasteiger partial charge on any atom is -0.372 e. The van der Waals surface area contributed by atoms with Gasteiger partial charge in [-0.05, 0) is 49.9 Å². The van der Waals surface area contributed by atoms with Gasteiger partial charge in [0.15, 0.2) is 28.8 Å². The Morgan fingerprint density at radius 3 is 1.68 bits per heavy atom. The highest BCUT2D eigenvalue weighted by Gasteiger charge is 2.38. The number of carbonyl (C=O) groups is 2. The molecule has 0 unspecified atom stereocenters. The maximum Gasteiger partial charge on any atom is 0.446 e. The van der Waals surface area contributed by atoms with Gasteiger partial charge in [-0.25, -0.2) is 9.36 Å². The summed E-state index contributed by atoms with van der Waals surface area (Å²) in [4.78, 5) is 27.7. The minimum absolute atomic E-state index is 0.174. The lowest BCUT2D eigenvalue weighted by Crippen LogP contribution is -2.33. The van der Waals surface area contributed by atoms with Crippen molar-refractivity contribution in [1.82, 2.24) is 19.6 Å². The molecule has 4 rings (SSSR count). The average molecular weight is 993 g/mol. The molecule has 1 amide bonds. The summed E-state index contributed by atoms with van der Waals surface area (Å²) in [6, 6.07) is 5.18. The lowest BCUT2D eigenvalue weighted by molar-refractivity contribution is -0.138. The second-order valence-corrected chi connectivity index (χ2v) is 14.3. The molecule has 0 saturated heterocycles. The molecule has 0 spiro atoms. The molecule has 0 fully saturated rings. The Hall–Kier alpha value is -4.92. The van der Waals surface area contributed by atoms with Crippen LogP contribution in [0.1, 0.15) is 46.7 Å². The van der Waals surface area contributed by atoms with E-state index in [1.807, 2.05) is 5.32 Å². The first-order valence-corrected chi connectivity index (χ1v) is 18.4. The predicted octanol–water partition coefficient (Wildman–Crippen LogP) is 11.0. The Kier molecular flexibility index (Phi) is 16.6. The number of hydrogen-bond acceptors (Lipinski definition) is 9. The van der Waals surface area contributed by atoms with Crippen molar-refractivity contribution in [2.45, 2.75) is 42.8 Å². The number of amides is 1. The van der Waals surface area contributed by atoms with Gasteiger partial charge in [0.1, 0.15) is 36.7 Å². The number of nitriles is 2. The molecule has 2 heterocycles. The number of thioether (sulfide) groups is 1. The summed E-state index contributed by atoms with van der Waals surface area (Å²) < 4.78 is 160. The van der Waals surface area contributed by atoms with Crippen molar-refractivity contribution >= 4 is 87.8 Å². The molecule has 2 aromatic heterocycles. The number of Topliss-reactive ketones (excluding diaryl/α,β-unsaturated/α-hetero) is 1. The molecule has 334 valence electrons. The number of nitrogens with one attached hydrogen (secondary N) is 1. The van der Waals surface area contributed by atoms with Crippen LogP contribution in [0.25, 0.3) is 11.4 Å². The van der Waals surface area contributed by atoms with Crippen LogP contribution in [-0.4, -0.2) is 76.1 Å². The second-order valence-electron chi connectivity index (χ2n) is 11.6. The molecule has 0 radical (unpaired) electrons. The van der Waals surface area contributed by atoms with Gasteiger partial charge >= 0.3 is 24.0 Å². The van der Waals surface area contributed by atoms with E-state index in [-0.39, 0.29) is 36.0 Å². The number of likely N-dealkylation sites (N-methyl/N-ethyl adjacent to an activating group) is 1. The Bertz CT molecular complexity index is 2410. The quantitative estimate of drug-likeness (QED) is 0.0508. The first kappa shape index (κ1) is 51.4. The molecular formula is C33H21Cl4F12N9O3S. The molecule has 0 aliphatic carbocycles. The van der Waals surface area contributed by atoms with Gasteiger partial charge in [0.05, 0.1) is 48.0 Å². The van der Waals surface area contributed by atoms with E-state index < -0.39 is 107 Å². The number of anilines is 2. The summed E-state index contributed by atoms with van der Waals surface area (Å²) in [5.41, 5.74) is -9.53. The van der Waals surface area contributed by atoms with Crippen LogP contribution in [0, 0.1) is 22.7 Å².